The van der Waals surface area contributed by atoms with Gasteiger partial charge in [0, 0.05) is 41.5 Å². The number of hydrogen-bond acceptors (Lipinski definition) is 8. The maximum Gasteiger partial charge on any atom is 0.393 e. The second-order valence-electron chi connectivity index (χ2n) is 9.50. The lowest BCUT2D eigenvalue weighted by Crippen LogP contribution is -2.42. The van der Waals surface area contributed by atoms with E-state index < -0.39 is 12.6 Å². The molecule has 5 rings (SSSR count). The molecule has 5 heterocycles. The van der Waals surface area contributed by atoms with E-state index in [0.29, 0.717) is 41.6 Å². The Labute approximate surface area is 220 Å². The monoisotopic (exact) mass is 548 g/mol. The van der Waals surface area contributed by atoms with Gasteiger partial charge in [-0.3, -0.25) is 9.89 Å². The third-order valence-electron chi connectivity index (χ3n) is 6.52. The number of halogens is 3. The van der Waals surface area contributed by atoms with Gasteiger partial charge < -0.3 is 14.5 Å². The third-order valence-corrected chi connectivity index (χ3v) is 7.70. The van der Waals surface area contributed by atoms with Crippen molar-refractivity contribution in [2.24, 2.45) is 0 Å². The first-order valence-corrected chi connectivity index (χ1v) is 12.8. The number of carbonyl (C=O) groups is 1. The Morgan fingerprint density at radius 2 is 2.03 bits per heavy atom. The number of hydrogen-bond donors (Lipinski definition) is 1. The average Bonchev–Trinajstić information content (AvgIpc) is 3.61. The van der Waals surface area contributed by atoms with E-state index in [4.69, 9.17) is 4.74 Å². The number of methoxy groups -OCH3 is 1. The van der Waals surface area contributed by atoms with E-state index in [9.17, 15) is 18.0 Å². The molecule has 0 spiro atoms. The summed E-state index contributed by atoms with van der Waals surface area (Å²) in [6, 6.07) is 1.60. The van der Waals surface area contributed by atoms with Gasteiger partial charge in [-0.1, -0.05) is 0 Å². The van der Waals surface area contributed by atoms with Gasteiger partial charge in [0.1, 0.15) is 11.3 Å². The van der Waals surface area contributed by atoms with Crippen LogP contribution in [0.4, 0.5) is 13.2 Å². The van der Waals surface area contributed by atoms with Gasteiger partial charge in [-0.25, -0.2) is 14.5 Å². The number of nitrogens with one attached hydrogen (secondary N) is 1. The third kappa shape index (κ3) is 5.36. The van der Waals surface area contributed by atoms with Gasteiger partial charge in [0.05, 0.1) is 31.5 Å². The standard InChI is InChI=1S/C24H27F3N8O2S/c1-33(2)12-19(36)34-6-4-14(5-7-34)18-10-28-23(38-18)21-16(9-24(25,26)27)20(31-32-21)15-8-17(37-3)22-29-13-30-35(22)11-15/h8,10-11,13-14H,4-7,9,12H2,1-3H3,(H,31,32). The normalized spacial score (nSPS) is 15.1. The lowest BCUT2D eigenvalue weighted by Gasteiger charge is -2.32. The van der Waals surface area contributed by atoms with Crippen LogP contribution in [0, 0.1) is 0 Å². The molecule has 1 saturated heterocycles. The fourth-order valence-electron chi connectivity index (χ4n) is 4.70. The molecule has 0 unspecified atom stereocenters. The first-order valence-electron chi connectivity index (χ1n) is 12.0. The van der Waals surface area contributed by atoms with Crippen molar-refractivity contribution in [3.05, 3.63) is 35.2 Å². The predicted octanol–water partition coefficient (Wildman–Crippen LogP) is 3.62. The summed E-state index contributed by atoms with van der Waals surface area (Å²) in [6.45, 7) is 1.66. The first kappa shape index (κ1) is 26.1. The van der Waals surface area contributed by atoms with Crippen molar-refractivity contribution < 1.29 is 22.7 Å². The van der Waals surface area contributed by atoms with E-state index >= 15 is 0 Å². The Hall–Kier alpha value is -3.52. The molecule has 1 aliphatic rings. The molecule has 1 aliphatic heterocycles. The number of piperidine rings is 1. The molecular formula is C24H27F3N8O2S. The number of pyridine rings is 1. The van der Waals surface area contributed by atoms with Gasteiger partial charge in [-0.05, 0) is 38.9 Å². The molecule has 38 heavy (non-hydrogen) atoms. The van der Waals surface area contributed by atoms with E-state index in [1.807, 2.05) is 23.9 Å². The van der Waals surface area contributed by atoms with Crippen molar-refractivity contribution in [1.29, 1.82) is 0 Å². The molecule has 14 heteroatoms. The quantitative estimate of drug-likeness (QED) is 0.376. The molecule has 0 radical (unpaired) electrons. The van der Waals surface area contributed by atoms with E-state index in [2.05, 4.69) is 25.3 Å². The number of aromatic nitrogens is 6. The zero-order valence-electron chi connectivity index (χ0n) is 21.1. The number of H-pyrrole nitrogens is 1. The van der Waals surface area contributed by atoms with E-state index in [1.54, 1.807) is 18.5 Å². The minimum absolute atomic E-state index is 0.00372. The number of ether oxygens (including phenoxy) is 1. The van der Waals surface area contributed by atoms with Gasteiger partial charge in [0.15, 0.2) is 11.4 Å². The van der Waals surface area contributed by atoms with Crippen LogP contribution in [0.5, 0.6) is 5.75 Å². The highest BCUT2D eigenvalue weighted by molar-refractivity contribution is 7.15. The Morgan fingerprint density at radius 1 is 1.26 bits per heavy atom. The zero-order valence-corrected chi connectivity index (χ0v) is 21.9. The first-order chi connectivity index (χ1) is 18.1. The van der Waals surface area contributed by atoms with Crippen LogP contribution in [0.1, 0.15) is 29.2 Å². The molecule has 4 aromatic heterocycles. The second kappa shape index (κ2) is 10.3. The van der Waals surface area contributed by atoms with Crippen LogP contribution in [0.25, 0.3) is 27.6 Å². The Balaban J connectivity index is 1.43. The summed E-state index contributed by atoms with van der Waals surface area (Å²) in [4.78, 5) is 25.6. The van der Waals surface area contributed by atoms with Crippen LogP contribution >= 0.6 is 11.3 Å². The molecule has 4 aromatic rings. The van der Waals surface area contributed by atoms with Crippen molar-refractivity contribution in [3.8, 4) is 27.7 Å². The molecule has 1 fully saturated rings. The molecule has 0 aliphatic carbocycles. The predicted molar refractivity (Wildman–Crippen MR) is 135 cm³/mol. The van der Waals surface area contributed by atoms with Crippen LogP contribution in [0.2, 0.25) is 0 Å². The van der Waals surface area contributed by atoms with Gasteiger partial charge in [0.2, 0.25) is 5.91 Å². The number of amides is 1. The smallest absolute Gasteiger partial charge is 0.393 e. The molecule has 202 valence electrons. The molecule has 10 nitrogen and oxygen atoms in total. The van der Waals surface area contributed by atoms with E-state index in [1.165, 1.54) is 29.3 Å². The Morgan fingerprint density at radius 3 is 2.71 bits per heavy atom. The zero-order chi connectivity index (χ0) is 27.0. The number of likely N-dealkylation sites (tertiary alicyclic amines) is 1. The van der Waals surface area contributed by atoms with E-state index in [0.717, 1.165) is 17.7 Å². The number of aromatic amines is 1. The molecule has 0 atom stereocenters. The lowest BCUT2D eigenvalue weighted by atomic mass is 9.96. The number of carbonyl (C=O) groups excluding carboxylic acids is 1. The van der Waals surface area contributed by atoms with Crippen LogP contribution in [0.15, 0.2) is 24.8 Å². The highest BCUT2D eigenvalue weighted by Gasteiger charge is 2.34. The van der Waals surface area contributed by atoms with Crippen LogP contribution < -0.4 is 4.74 Å². The fourth-order valence-corrected chi connectivity index (χ4v) is 5.81. The minimum atomic E-state index is -4.46. The highest BCUT2D eigenvalue weighted by atomic mass is 32.1. The topological polar surface area (TPSA) is 105 Å². The van der Waals surface area contributed by atoms with Gasteiger partial charge >= 0.3 is 6.18 Å². The number of thiazole rings is 1. The van der Waals surface area contributed by atoms with Crippen molar-refractivity contribution in [1.82, 2.24) is 39.6 Å². The number of nitrogens with zero attached hydrogens (tertiary/aromatic N) is 7. The van der Waals surface area contributed by atoms with Gasteiger partial charge in [0.25, 0.3) is 0 Å². The van der Waals surface area contributed by atoms with E-state index in [-0.39, 0.29) is 28.8 Å². The van der Waals surface area contributed by atoms with Crippen molar-refractivity contribution >= 4 is 22.9 Å². The second-order valence-corrected chi connectivity index (χ2v) is 10.6. The summed E-state index contributed by atoms with van der Waals surface area (Å²) >= 11 is 1.36. The van der Waals surface area contributed by atoms with Crippen molar-refractivity contribution in [2.75, 3.05) is 40.8 Å². The lowest BCUT2D eigenvalue weighted by molar-refractivity contribution is -0.133. The highest BCUT2D eigenvalue weighted by Crippen LogP contribution is 2.40. The molecule has 0 saturated carbocycles. The minimum Gasteiger partial charge on any atom is -0.493 e. The maximum absolute atomic E-state index is 13.7. The number of fused-ring (bicyclic) bond motifs is 1. The van der Waals surface area contributed by atoms with Crippen molar-refractivity contribution in [2.45, 2.75) is 31.4 Å². The Bertz CT molecular complexity index is 1440. The summed E-state index contributed by atoms with van der Waals surface area (Å²) in [5.74, 6) is 0.660. The summed E-state index contributed by atoms with van der Waals surface area (Å²) in [6.07, 6.45) is 0.569. The molecular weight excluding hydrogens is 521 g/mol. The Kier molecular flexibility index (Phi) is 7.09. The summed E-state index contributed by atoms with van der Waals surface area (Å²) in [7, 11) is 5.18. The fraction of sp³-hybridized carbons (Fsp3) is 0.458. The van der Waals surface area contributed by atoms with Gasteiger partial charge in [-0.15, -0.1) is 11.3 Å². The maximum atomic E-state index is 13.7. The number of alkyl halides is 3. The van der Waals surface area contributed by atoms with Crippen LogP contribution in [-0.4, -0.2) is 92.5 Å². The van der Waals surface area contributed by atoms with Crippen molar-refractivity contribution in [3.63, 3.8) is 0 Å². The molecule has 0 aromatic carbocycles. The average molecular weight is 549 g/mol. The molecule has 0 bridgehead atoms. The summed E-state index contributed by atoms with van der Waals surface area (Å²) < 4.78 is 47.9. The van der Waals surface area contributed by atoms with Gasteiger partial charge in [-0.2, -0.15) is 23.4 Å². The SMILES string of the molecule is COc1cc(-c2n[nH]c(-c3ncc(C4CCN(C(=O)CN(C)C)CC4)s3)c2CC(F)(F)F)cn2ncnc12. The molecule has 1 amide bonds. The van der Waals surface area contributed by atoms with Crippen LogP contribution in [0.3, 0.4) is 0 Å². The van der Waals surface area contributed by atoms with Crippen LogP contribution in [-0.2, 0) is 11.2 Å². The largest absolute Gasteiger partial charge is 0.493 e. The molecule has 1 N–H and O–H groups in total. The summed E-state index contributed by atoms with van der Waals surface area (Å²) in [5, 5.41) is 11.6. The number of likely N-dealkylation sites (N-methyl/N-ethyl adjacent to an activating group) is 1. The summed E-state index contributed by atoms with van der Waals surface area (Å²) in [5.41, 5.74) is 1.25. The number of rotatable bonds is 7.